The molecule has 0 bridgehead atoms. The molecule has 5 heteroatoms. The number of ether oxygens (including phenoxy) is 2. The molecular formula is C18H26FNO3. The Morgan fingerprint density at radius 1 is 1.43 bits per heavy atom. The fourth-order valence-electron chi connectivity index (χ4n) is 2.62. The molecule has 0 aliphatic carbocycles. The maximum absolute atomic E-state index is 13.9. The average Bonchev–Trinajstić information content (AvgIpc) is 2.37. The third kappa shape index (κ3) is 4.36. The molecule has 4 nitrogen and oxygen atoms in total. The van der Waals surface area contributed by atoms with Crippen LogP contribution in [0.25, 0.3) is 0 Å². The van der Waals surface area contributed by atoms with Gasteiger partial charge in [0.25, 0.3) is 0 Å². The Kier molecular flexibility index (Phi) is 4.87. The predicted octanol–water partition coefficient (Wildman–Crippen LogP) is 3.56. The molecular weight excluding hydrogens is 297 g/mol. The van der Waals surface area contributed by atoms with Crippen molar-refractivity contribution in [3.63, 3.8) is 0 Å². The van der Waals surface area contributed by atoms with Crippen molar-refractivity contribution in [3.05, 3.63) is 23.5 Å². The molecule has 0 amide bonds. The van der Waals surface area contributed by atoms with Gasteiger partial charge in [-0.2, -0.15) is 0 Å². The molecule has 0 radical (unpaired) electrons. The third-order valence-electron chi connectivity index (χ3n) is 3.74. The van der Waals surface area contributed by atoms with E-state index in [1.165, 1.54) is 12.1 Å². The first-order chi connectivity index (χ1) is 10.6. The smallest absolute Gasteiger partial charge is 0.310 e. The van der Waals surface area contributed by atoms with E-state index in [1.54, 1.807) is 0 Å². The number of carbonyl (C=O) groups excluding carboxylic acids is 1. The average molecular weight is 323 g/mol. The Hall–Kier alpha value is -1.78. The molecule has 1 aliphatic heterocycles. The molecule has 1 aromatic carbocycles. The molecule has 1 heterocycles. The maximum Gasteiger partial charge on any atom is 0.310 e. The van der Waals surface area contributed by atoms with Gasteiger partial charge >= 0.3 is 5.97 Å². The number of likely N-dealkylation sites (N-methyl/N-ethyl adjacent to an activating group) is 1. The number of anilines is 1. The quantitative estimate of drug-likeness (QED) is 0.797. The zero-order valence-electron chi connectivity index (χ0n) is 14.8. The minimum Gasteiger partial charge on any atom is -0.486 e. The van der Waals surface area contributed by atoms with E-state index in [-0.39, 0.29) is 24.3 Å². The number of carbonyl (C=O) groups is 1. The lowest BCUT2D eigenvalue weighted by molar-refractivity contribution is -0.153. The highest BCUT2D eigenvalue weighted by molar-refractivity contribution is 5.76. The van der Waals surface area contributed by atoms with Gasteiger partial charge in [-0.1, -0.05) is 13.8 Å². The van der Waals surface area contributed by atoms with E-state index >= 15 is 0 Å². The van der Waals surface area contributed by atoms with E-state index in [9.17, 15) is 9.18 Å². The second kappa shape index (κ2) is 6.38. The van der Waals surface area contributed by atoms with Crippen LogP contribution in [0.3, 0.4) is 0 Å². The Morgan fingerprint density at radius 2 is 2.09 bits per heavy atom. The number of hydrogen-bond donors (Lipinski definition) is 0. The molecule has 1 aliphatic rings. The van der Waals surface area contributed by atoms with Crippen LogP contribution in [0.15, 0.2) is 12.1 Å². The summed E-state index contributed by atoms with van der Waals surface area (Å²) in [6, 6.07) is 2.81. The third-order valence-corrected chi connectivity index (χ3v) is 3.74. The molecule has 23 heavy (non-hydrogen) atoms. The van der Waals surface area contributed by atoms with Crippen molar-refractivity contribution in [2.75, 3.05) is 18.5 Å². The van der Waals surface area contributed by atoms with E-state index in [0.717, 1.165) is 0 Å². The molecule has 0 saturated carbocycles. The van der Waals surface area contributed by atoms with Crippen LogP contribution in [0.1, 0.15) is 40.2 Å². The van der Waals surface area contributed by atoms with Crippen molar-refractivity contribution in [1.82, 2.24) is 0 Å². The monoisotopic (exact) mass is 323 g/mol. The maximum atomic E-state index is 13.9. The highest BCUT2D eigenvalue weighted by Crippen LogP contribution is 2.38. The summed E-state index contributed by atoms with van der Waals surface area (Å²) < 4.78 is 25.3. The van der Waals surface area contributed by atoms with Crippen molar-refractivity contribution < 1.29 is 18.7 Å². The topological polar surface area (TPSA) is 38.8 Å². The number of rotatable bonds is 3. The summed E-state index contributed by atoms with van der Waals surface area (Å²) in [5.74, 6) is 0.152. The highest BCUT2D eigenvalue weighted by atomic mass is 19.1. The molecule has 128 valence electrons. The molecule has 1 atom stereocenters. The summed E-state index contributed by atoms with van der Waals surface area (Å²) in [7, 11) is 1.91. The molecule has 0 unspecified atom stereocenters. The first kappa shape index (κ1) is 17.6. The number of nitrogens with zero attached hydrogens (tertiary/aromatic N) is 1. The van der Waals surface area contributed by atoms with Gasteiger partial charge in [-0.05, 0) is 32.8 Å². The van der Waals surface area contributed by atoms with Crippen LogP contribution in [0.2, 0.25) is 0 Å². The van der Waals surface area contributed by atoms with E-state index in [2.05, 4.69) is 13.8 Å². The van der Waals surface area contributed by atoms with E-state index in [1.807, 2.05) is 32.7 Å². The summed E-state index contributed by atoms with van der Waals surface area (Å²) in [5, 5.41) is 0. The summed E-state index contributed by atoms with van der Waals surface area (Å²) in [4.78, 5) is 14.1. The molecule has 0 spiro atoms. The first-order valence-electron chi connectivity index (χ1n) is 7.99. The minimum atomic E-state index is -0.567. The molecule has 1 aromatic rings. The van der Waals surface area contributed by atoms with Crippen molar-refractivity contribution in [2.45, 2.75) is 52.7 Å². The van der Waals surface area contributed by atoms with Crippen LogP contribution in [0.5, 0.6) is 5.75 Å². The lowest BCUT2D eigenvalue weighted by atomic mass is 10.0. The van der Waals surface area contributed by atoms with E-state index < -0.39 is 5.60 Å². The van der Waals surface area contributed by atoms with Gasteiger partial charge in [0.15, 0.2) is 0 Å². The van der Waals surface area contributed by atoms with Gasteiger partial charge < -0.3 is 14.4 Å². The Labute approximate surface area is 137 Å². The molecule has 0 N–H and O–H groups in total. The zero-order valence-corrected chi connectivity index (χ0v) is 14.8. The SMILES string of the molecule is CC(C)[C@@H]1CN(C)c2cc(F)cc(CC(=O)OC(C)(C)C)c2O1. The van der Waals surface area contributed by atoms with Crippen LogP contribution >= 0.6 is 0 Å². The predicted molar refractivity (Wildman–Crippen MR) is 88.5 cm³/mol. The van der Waals surface area contributed by atoms with Gasteiger partial charge in [-0.15, -0.1) is 0 Å². The van der Waals surface area contributed by atoms with Crippen LogP contribution in [0.4, 0.5) is 10.1 Å². The largest absolute Gasteiger partial charge is 0.486 e. The Bertz CT molecular complexity index is 593. The first-order valence-corrected chi connectivity index (χ1v) is 7.99. The normalized spacial score (nSPS) is 17.7. The van der Waals surface area contributed by atoms with Gasteiger partial charge in [-0.25, -0.2) is 4.39 Å². The summed E-state index contributed by atoms with van der Waals surface area (Å²) in [6.07, 6.45) is 0.00563. The number of halogens is 1. The minimum absolute atomic E-state index is 0.00395. The van der Waals surface area contributed by atoms with Crippen LogP contribution in [-0.4, -0.2) is 31.3 Å². The highest BCUT2D eigenvalue weighted by Gasteiger charge is 2.29. The molecule has 0 aromatic heterocycles. The Balaban J connectivity index is 2.32. The number of fused-ring (bicyclic) bond motifs is 1. The second-order valence-corrected chi connectivity index (χ2v) is 7.46. The molecule has 0 fully saturated rings. The fourth-order valence-corrected chi connectivity index (χ4v) is 2.62. The van der Waals surface area contributed by atoms with Crippen LogP contribution in [-0.2, 0) is 16.0 Å². The van der Waals surface area contributed by atoms with Gasteiger partial charge in [0.1, 0.15) is 23.3 Å². The van der Waals surface area contributed by atoms with Gasteiger partial charge in [0.05, 0.1) is 18.7 Å². The standard InChI is InChI=1S/C18H26FNO3/c1-11(2)15-10-20(6)14-9-13(19)7-12(17(14)22-15)8-16(21)23-18(3,4)5/h7,9,11,15H,8,10H2,1-6H3/t15-/m0/s1. The van der Waals surface area contributed by atoms with Gasteiger partial charge in [0.2, 0.25) is 0 Å². The van der Waals surface area contributed by atoms with Crippen molar-refractivity contribution in [2.24, 2.45) is 5.92 Å². The van der Waals surface area contributed by atoms with E-state index in [0.29, 0.717) is 29.5 Å². The summed E-state index contributed by atoms with van der Waals surface area (Å²) in [5.41, 5.74) is 0.648. The second-order valence-electron chi connectivity index (χ2n) is 7.46. The van der Waals surface area contributed by atoms with Crippen LogP contribution in [0, 0.1) is 11.7 Å². The number of benzene rings is 1. The van der Waals surface area contributed by atoms with Gasteiger partial charge in [-0.3, -0.25) is 4.79 Å². The van der Waals surface area contributed by atoms with Crippen molar-refractivity contribution in [3.8, 4) is 5.75 Å². The number of esters is 1. The summed E-state index contributed by atoms with van der Waals surface area (Å²) >= 11 is 0. The lowest BCUT2D eigenvalue weighted by Crippen LogP contribution is -2.41. The van der Waals surface area contributed by atoms with Crippen molar-refractivity contribution in [1.29, 1.82) is 0 Å². The Morgan fingerprint density at radius 3 is 2.65 bits per heavy atom. The fraction of sp³-hybridized carbons (Fsp3) is 0.611. The molecule has 2 rings (SSSR count). The lowest BCUT2D eigenvalue weighted by Gasteiger charge is -2.37. The molecule has 0 saturated heterocycles. The van der Waals surface area contributed by atoms with Gasteiger partial charge in [0, 0.05) is 18.7 Å². The summed E-state index contributed by atoms with van der Waals surface area (Å²) in [6.45, 7) is 10.3. The van der Waals surface area contributed by atoms with E-state index in [4.69, 9.17) is 9.47 Å². The number of hydrogen-bond acceptors (Lipinski definition) is 4. The van der Waals surface area contributed by atoms with Crippen LogP contribution < -0.4 is 9.64 Å². The zero-order chi connectivity index (χ0) is 17.4. The van der Waals surface area contributed by atoms with Crippen molar-refractivity contribution >= 4 is 11.7 Å².